The molecule has 0 amide bonds. The number of aromatic nitrogens is 2. The Morgan fingerprint density at radius 2 is 1.64 bits per heavy atom. The minimum Gasteiger partial charge on any atom is -0.402 e. The van der Waals surface area contributed by atoms with Gasteiger partial charge in [-0.1, -0.05) is 48.2 Å². The fourth-order valence-electron chi connectivity index (χ4n) is 3.08. The molecule has 10 heteroatoms. The number of carbonyl (C=O) groups excluding carboxylic acids is 1. The summed E-state index contributed by atoms with van der Waals surface area (Å²) >= 11 is 0.967. The fourth-order valence-corrected chi connectivity index (χ4v) is 4.10. The van der Waals surface area contributed by atoms with Gasteiger partial charge in [-0.15, -0.1) is 0 Å². The molecule has 0 aliphatic heterocycles. The molecule has 3 aromatic carbocycles. The zero-order chi connectivity index (χ0) is 23.5. The van der Waals surface area contributed by atoms with Crippen LogP contribution in [0.5, 0.6) is 5.88 Å². The van der Waals surface area contributed by atoms with Crippen molar-refractivity contribution < 1.29 is 23.2 Å². The Kier molecular flexibility index (Phi) is 6.18. The molecule has 0 aliphatic rings. The summed E-state index contributed by atoms with van der Waals surface area (Å²) in [5.41, 5.74) is -0.0741. The quantitative estimate of drug-likeness (QED) is 0.204. The van der Waals surface area contributed by atoms with Crippen molar-refractivity contribution in [3.8, 4) is 11.6 Å². The molecular formula is C23H15F2N3O4S. The summed E-state index contributed by atoms with van der Waals surface area (Å²) < 4.78 is 35.1. The zero-order valence-corrected chi connectivity index (χ0v) is 17.9. The molecule has 0 unspecified atom stereocenters. The third kappa shape index (κ3) is 4.46. The minimum absolute atomic E-state index is 0.116. The van der Waals surface area contributed by atoms with Crippen molar-refractivity contribution in [2.75, 3.05) is 0 Å². The molecule has 1 aromatic heterocycles. The van der Waals surface area contributed by atoms with Crippen LogP contribution in [0.3, 0.4) is 0 Å². The zero-order valence-electron chi connectivity index (χ0n) is 17.1. The molecular weight excluding hydrogens is 452 g/mol. The summed E-state index contributed by atoms with van der Waals surface area (Å²) in [6.45, 7) is 1.64. The van der Waals surface area contributed by atoms with Crippen LogP contribution in [0.2, 0.25) is 0 Å². The Balaban J connectivity index is 1.84. The number of carbonyl (C=O) groups is 1. The van der Waals surface area contributed by atoms with Gasteiger partial charge in [0.1, 0.15) is 17.2 Å². The molecule has 0 spiro atoms. The molecule has 0 atom stereocenters. The van der Waals surface area contributed by atoms with Crippen molar-refractivity contribution in [3.05, 3.63) is 106 Å². The van der Waals surface area contributed by atoms with Crippen LogP contribution in [0.4, 0.5) is 14.5 Å². The van der Waals surface area contributed by atoms with Crippen molar-refractivity contribution in [1.82, 2.24) is 9.78 Å². The van der Waals surface area contributed by atoms with Crippen molar-refractivity contribution >= 4 is 23.4 Å². The molecule has 4 rings (SSSR count). The maximum atomic E-state index is 14.2. The summed E-state index contributed by atoms with van der Waals surface area (Å²) in [4.78, 5) is 24.3. The van der Waals surface area contributed by atoms with Gasteiger partial charge in [-0.3, -0.25) is 10.1 Å². The number of rotatable bonds is 6. The first-order valence-electron chi connectivity index (χ1n) is 9.59. The smallest absolute Gasteiger partial charge is 0.350 e. The number of hydrogen-bond donors (Lipinski definition) is 0. The largest absolute Gasteiger partial charge is 0.402 e. The lowest BCUT2D eigenvalue weighted by Gasteiger charge is -2.11. The minimum atomic E-state index is -1.26. The van der Waals surface area contributed by atoms with Crippen molar-refractivity contribution in [1.29, 1.82) is 0 Å². The Morgan fingerprint density at radius 3 is 2.30 bits per heavy atom. The molecule has 4 aromatic rings. The van der Waals surface area contributed by atoms with Gasteiger partial charge in [0.2, 0.25) is 5.88 Å². The number of nitrogens with zero attached hydrogens (tertiary/aromatic N) is 3. The summed E-state index contributed by atoms with van der Waals surface area (Å²) in [5.74, 6) is -3.52. The first kappa shape index (κ1) is 22.2. The number of esters is 1. The highest BCUT2D eigenvalue weighted by Gasteiger charge is 2.27. The predicted octanol–water partition coefficient (Wildman–Crippen LogP) is 5.74. The molecule has 0 bridgehead atoms. The second-order valence-electron chi connectivity index (χ2n) is 6.78. The van der Waals surface area contributed by atoms with E-state index in [1.165, 1.54) is 16.8 Å². The number of benzene rings is 3. The highest BCUT2D eigenvalue weighted by atomic mass is 32.2. The number of para-hydroxylation sites is 2. The van der Waals surface area contributed by atoms with Gasteiger partial charge in [-0.25, -0.2) is 13.6 Å². The third-order valence-corrected chi connectivity index (χ3v) is 5.84. The van der Waals surface area contributed by atoms with E-state index in [0.717, 1.165) is 30.0 Å². The predicted molar refractivity (Wildman–Crippen MR) is 117 cm³/mol. The molecule has 0 fully saturated rings. The number of nitro benzene ring substituents is 1. The molecule has 7 nitrogen and oxygen atoms in total. The number of hydrogen-bond acceptors (Lipinski definition) is 6. The third-order valence-electron chi connectivity index (χ3n) is 4.60. The number of ether oxygens (including phenoxy) is 1. The van der Waals surface area contributed by atoms with Crippen LogP contribution in [0.25, 0.3) is 5.69 Å². The van der Waals surface area contributed by atoms with Gasteiger partial charge >= 0.3 is 5.97 Å². The number of aryl methyl sites for hydroxylation is 1. The topological polar surface area (TPSA) is 87.3 Å². The van der Waals surface area contributed by atoms with Crippen LogP contribution in [-0.2, 0) is 0 Å². The molecule has 0 aliphatic carbocycles. The summed E-state index contributed by atoms with van der Waals surface area (Å²) in [7, 11) is 0. The maximum Gasteiger partial charge on any atom is 0.350 e. The Labute approximate surface area is 190 Å². The first-order valence-corrected chi connectivity index (χ1v) is 10.4. The van der Waals surface area contributed by atoms with Gasteiger partial charge in [0.05, 0.1) is 26.1 Å². The number of nitro groups is 1. The van der Waals surface area contributed by atoms with Gasteiger partial charge < -0.3 is 4.74 Å². The average Bonchev–Trinajstić information content (AvgIpc) is 3.09. The van der Waals surface area contributed by atoms with Gasteiger partial charge in [-0.05, 0) is 37.3 Å². The molecule has 0 saturated carbocycles. The van der Waals surface area contributed by atoms with Gasteiger partial charge in [0.15, 0.2) is 0 Å². The maximum absolute atomic E-state index is 14.2. The second kappa shape index (κ2) is 9.21. The lowest BCUT2D eigenvalue weighted by atomic mass is 10.2. The number of halogens is 2. The summed E-state index contributed by atoms with van der Waals surface area (Å²) in [6, 6.07) is 17.7. The van der Waals surface area contributed by atoms with Crippen LogP contribution >= 0.6 is 11.8 Å². The standard InChI is InChI=1S/C23H15F2N3O4S/c1-14-21(33-19-13-6-5-12-18(19)28(30)31)22(27(26-14)15-8-3-2-4-9-15)32-23(29)20-16(24)10-7-11-17(20)25/h2-13H,1H3. The second-order valence-corrected chi connectivity index (χ2v) is 7.83. The lowest BCUT2D eigenvalue weighted by molar-refractivity contribution is -0.387. The molecule has 166 valence electrons. The van der Waals surface area contributed by atoms with Crippen LogP contribution in [-0.4, -0.2) is 20.7 Å². The van der Waals surface area contributed by atoms with E-state index in [9.17, 15) is 23.7 Å². The summed E-state index contributed by atoms with van der Waals surface area (Å²) in [5, 5.41) is 15.9. The van der Waals surface area contributed by atoms with E-state index >= 15 is 0 Å². The molecule has 33 heavy (non-hydrogen) atoms. The van der Waals surface area contributed by atoms with Crippen molar-refractivity contribution in [2.24, 2.45) is 0 Å². The SMILES string of the molecule is Cc1nn(-c2ccccc2)c(OC(=O)c2c(F)cccc2F)c1Sc1ccccc1[N+](=O)[O-]. The molecule has 0 radical (unpaired) electrons. The monoisotopic (exact) mass is 467 g/mol. The Hall–Kier alpha value is -4.05. The van der Waals surface area contributed by atoms with Crippen LogP contribution in [0, 0.1) is 28.7 Å². The van der Waals surface area contributed by atoms with E-state index in [-0.39, 0.29) is 16.5 Å². The van der Waals surface area contributed by atoms with E-state index in [4.69, 9.17) is 4.74 Å². The molecule has 0 N–H and O–H groups in total. The summed E-state index contributed by atoms with van der Waals surface area (Å²) in [6.07, 6.45) is 0. The Morgan fingerprint density at radius 1 is 1.00 bits per heavy atom. The van der Waals surface area contributed by atoms with Crippen LogP contribution in [0.1, 0.15) is 16.1 Å². The van der Waals surface area contributed by atoms with Gasteiger partial charge in [0.25, 0.3) is 5.69 Å². The van der Waals surface area contributed by atoms with Crippen LogP contribution < -0.4 is 4.74 Å². The molecule has 0 saturated heterocycles. The first-order chi connectivity index (χ1) is 15.9. The average molecular weight is 467 g/mol. The van der Waals surface area contributed by atoms with E-state index in [2.05, 4.69) is 5.10 Å². The normalized spacial score (nSPS) is 10.8. The van der Waals surface area contributed by atoms with Crippen molar-refractivity contribution in [3.63, 3.8) is 0 Å². The van der Waals surface area contributed by atoms with Crippen LogP contribution in [0.15, 0.2) is 82.6 Å². The fraction of sp³-hybridized carbons (Fsp3) is 0.0435. The Bertz CT molecular complexity index is 1340. The van der Waals surface area contributed by atoms with E-state index in [0.29, 0.717) is 16.3 Å². The highest BCUT2D eigenvalue weighted by Crippen LogP contribution is 2.42. The molecule has 1 heterocycles. The van der Waals surface area contributed by atoms with E-state index in [1.807, 2.05) is 0 Å². The van der Waals surface area contributed by atoms with Gasteiger partial charge in [0, 0.05) is 6.07 Å². The van der Waals surface area contributed by atoms with E-state index < -0.39 is 28.1 Å². The van der Waals surface area contributed by atoms with E-state index in [1.54, 1.807) is 49.4 Å². The van der Waals surface area contributed by atoms with Gasteiger partial charge in [-0.2, -0.15) is 9.78 Å². The highest BCUT2D eigenvalue weighted by molar-refractivity contribution is 7.99. The lowest BCUT2D eigenvalue weighted by Crippen LogP contribution is -2.15. The van der Waals surface area contributed by atoms with Crippen molar-refractivity contribution in [2.45, 2.75) is 16.7 Å².